The molecule has 2 atom stereocenters. The van der Waals surface area contributed by atoms with Crippen LogP contribution in [-0.4, -0.2) is 50.3 Å². The van der Waals surface area contributed by atoms with Crippen LogP contribution >= 0.6 is 0 Å². The molecule has 4 aromatic carbocycles. The Morgan fingerprint density at radius 2 is 0.940 bits per heavy atom. The molecule has 0 saturated carbocycles. The van der Waals surface area contributed by atoms with E-state index in [1.54, 1.807) is 0 Å². The van der Waals surface area contributed by atoms with Crippen LogP contribution in [0.3, 0.4) is 0 Å². The summed E-state index contributed by atoms with van der Waals surface area (Å²) in [6, 6.07) is 5.72. The van der Waals surface area contributed by atoms with E-state index in [4.69, 9.17) is 23.7 Å². The van der Waals surface area contributed by atoms with Crippen molar-refractivity contribution in [2.75, 3.05) is 20.3 Å². The molecule has 0 N–H and O–H groups in total. The Morgan fingerprint density at radius 1 is 0.600 bits per heavy atom. The van der Waals surface area contributed by atoms with Crippen molar-refractivity contribution in [1.82, 2.24) is 0 Å². The summed E-state index contributed by atoms with van der Waals surface area (Å²) in [6.45, 7) is 2.84. The minimum Gasteiger partial charge on any atom is -0.497 e. The number of carbonyl (C=O) groups is 2. The molecule has 0 radical (unpaired) electrons. The van der Waals surface area contributed by atoms with Gasteiger partial charge in [0.2, 0.25) is 0 Å². The van der Waals surface area contributed by atoms with E-state index in [1.165, 1.54) is 20.8 Å². The summed E-state index contributed by atoms with van der Waals surface area (Å²) in [5.41, 5.74) is -4.68. The molecular formula is C35H26F8O7. The van der Waals surface area contributed by atoms with Crippen molar-refractivity contribution >= 4 is 11.9 Å². The molecule has 0 amide bonds. The highest BCUT2D eigenvalue weighted by Crippen LogP contribution is 2.34. The second-order valence-electron chi connectivity index (χ2n) is 11.6. The van der Waals surface area contributed by atoms with Gasteiger partial charge in [0.15, 0.2) is 5.79 Å². The van der Waals surface area contributed by atoms with Crippen molar-refractivity contribution in [3.05, 3.63) is 112 Å². The van der Waals surface area contributed by atoms with Crippen molar-refractivity contribution in [3.63, 3.8) is 0 Å². The number of methoxy groups -OCH3 is 1. The lowest BCUT2D eigenvalue weighted by atomic mass is 10.0. The van der Waals surface area contributed by atoms with E-state index in [0.29, 0.717) is 24.3 Å². The van der Waals surface area contributed by atoms with Crippen LogP contribution in [0, 0.1) is 53.5 Å². The Kier molecular flexibility index (Phi) is 10.2. The normalized spacial score (nSPS) is 16.7. The third kappa shape index (κ3) is 7.43. The molecule has 264 valence electrons. The maximum absolute atomic E-state index is 14.9. The van der Waals surface area contributed by atoms with Gasteiger partial charge in [0.1, 0.15) is 88.8 Å². The minimum absolute atomic E-state index is 0.179. The molecule has 1 aliphatic heterocycles. The Balaban J connectivity index is 1.27. The van der Waals surface area contributed by atoms with E-state index in [9.17, 15) is 44.7 Å². The first kappa shape index (κ1) is 36.3. The monoisotopic (exact) mass is 710 g/mol. The maximum Gasteiger partial charge on any atom is 0.344 e. The van der Waals surface area contributed by atoms with Crippen molar-refractivity contribution in [2.45, 2.75) is 38.8 Å². The molecule has 0 aliphatic carbocycles. The molecule has 1 heterocycles. The number of benzene rings is 4. The van der Waals surface area contributed by atoms with Crippen LogP contribution in [0.1, 0.15) is 40.1 Å². The summed E-state index contributed by atoms with van der Waals surface area (Å²) in [7, 11) is 1.16. The molecule has 0 bridgehead atoms. The van der Waals surface area contributed by atoms with Crippen molar-refractivity contribution < 1.29 is 68.4 Å². The van der Waals surface area contributed by atoms with Gasteiger partial charge in [-0.2, -0.15) is 0 Å². The molecule has 1 saturated heterocycles. The van der Waals surface area contributed by atoms with E-state index >= 15 is 0 Å². The lowest BCUT2D eigenvalue weighted by Crippen LogP contribution is -2.33. The standard InChI is InChI=1S/C35H26F8O7/c1-15-5-19(36)29(20(37)6-15)16-7-21(38)31(22(39)8-16)33(44)47-13-27-28(50-35(2,3)49-27)14-48-34(45)32-23(40)9-17(10-24(32)41)30-25(42)11-18(46-4)12-26(30)43/h5-12,27-28H,13-14H2,1-4H3/t27-,28-/m1/s1. The van der Waals surface area contributed by atoms with Crippen LogP contribution in [0.2, 0.25) is 0 Å². The fourth-order valence-corrected chi connectivity index (χ4v) is 5.40. The number of ether oxygens (including phenoxy) is 5. The van der Waals surface area contributed by atoms with Gasteiger partial charge in [0, 0.05) is 12.1 Å². The molecule has 0 spiro atoms. The molecule has 5 rings (SSSR count). The van der Waals surface area contributed by atoms with Crippen molar-refractivity contribution in [2.24, 2.45) is 0 Å². The summed E-state index contributed by atoms with van der Waals surface area (Å²) in [4.78, 5) is 25.4. The number of hydrogen-bond donors (Lipinski definition) is 0. The number of aryl methyl sites for hydroxylation is 1. The van der Waals surface area contributed by atoms with E-state index < -0.39 is 123 Å². The molecule has 4 aromatic rings. The fraction of sp³-hybridized carbons (Fsp3) is 0.257. The highest BCUT2D eigenvalue weighted by molar-refractivity contribution is 5.91. The molecular weight excluding hydrogens is 684 g/mol. The van der Waals surface area contributed by atoms with Gasteiger partial charge in [-0.3, -0.25) is 0 Å². The van der Waals surface area contributed by atoms with Crippen LogP contribution in [0.4, 0.5) is 35.1 Å². The lowest BCUT2D eigenvalue weighted by molar-refractivity contribution is -0.152. The van der Waals surface area contributed by atoms with Gasteiger partial charge < -0.3 is 23.7 Å². The van der Waals surface area contributed by atoms with Gasteiger partial charge in [0.25, 0.3) is 0 Å². The summed E-state index contributed by atoms with van der Waals surface area (Å²) in [5.74, 6) is -15.1. The summed E-state index contributed by atoms with van der Waals surface area (Å²) in [5, 5.41) is 0. The lowest BCUT2D eigenvalue weighted by Gasteiger charge is -2.18. The molecule has 0 unspecified atom stereocenters. The first-order valence-corrected chi connectivity index (χ1v) is 14.7. The SMILES string of the molecule is COc1cc(F)c(-c2cc(F)c(C(=O)OC[C@H]3OC(C)(C)O[C@@H]3COC(=O)c3c(F)cc(-c4c(F)cc(C)cc4F)cc3F)c(F)c2)c(F)c1. The highest BCUT2D eigenvalue weighted by Gasteiger charge is 2.43. The molecule has 15 heteroatoms. The van der Waals surface area contributed by atoms with Crippen molar-refractivity contribution in [3.8, 4) is 28.0 Å². The molecule has 1 aliphatic rings. The third-order valence-corrected chi connectivity index (χ3v) is 7.55. The largest absolute Gasteiger partial charge is 0.497 e. The maximum atomic E-state index is 14.9. The van der Waals surface area contributed by atoms with E-state index in [-0.39, 0.29) is 11.3 Å². The summed E-state index contributed by atoms with van der Waals surface area (Å²) >= 11 is 0. The van der Waals surface area contributed by atoms with E-state index in [0.717, 1.165) is 31.4 Å². The fourth-order valence-electron chi connectivity index (χ4n) is 5.40. The predicted octanol–water partition coefficient (Wildman–Crippen LogP) is 7.98. The van der Waals surface area contributed by atoms with Gasteiger partial charge in [-0.25, -0.2) is 44.7 Å². The number of hydrogen-bond acceptors (Lipinski definition) is 7. The Morgan fingerprint density at radius 3 is 1.28 bits per heavy atom. The smallest absolute Gasteiger partial charge is 0.344 e. The van der Waals surface area contributed by atoms with E-state index in [1.807, 2.05) is 0 Å². The van der Waals surface area contributed by atoms with Crippen molar-refractivity contribution in [1.29, 1.82) is 0 Å². The number of esters is 2. The minimum atomic E-state index is -1.53. The topological polar surface area (TPSA) is 80.3 Å². The summed E-state index contributed by atoms with van der Waals surface area (Å²) in [6.07, 6.45) is -2.47. The molecule has 1 fully saturated rings. The Labute approximate surface area is 279 Å². The predicted molar refractivity (Wildman–Crippen MR) is 159 cm³/mol. The summed E-state index contributed by atoms with van der Waals surface area (Å²) < 4.78 is 144. The Hall–Kier alpha value is -5.02. The average Bonchev–Trinajstić information content (AvgIpc) is 3.30. The number of carbonyl (C=O) groups excluding carboxylic acids is 2. The quantitative estimate of drug-likeness (QED) is 0.129. The number of halogens is 8. The third-order valence-electron chi connectivity index (χ3n) is 7.55. The molecule has 7 nitrogen and oxygen atoms in total. The molecule has 50 heavy (non-hydrogen) atoms. The zero-order valence-corrected chi connectivity index (χ0v) is 26.6. The average molecular weight is 711 g/mol. The van der Waals surface area contributed by atoms with Gasteiger partial charge in [-0.15, -0.1) is 0 Å². The van der Waals surface area contributed by atoms with E-state index in [2.05, 4.69) is 0 Å². The van der Waals surface area contributed by atoms with Crippen LogP contribution in [0.15, 0.2) is 48.5 Å². The highest BCUT2D eigenvalue weighted by atomic mass is 19.2. The second-order valence-corrected chi connectivity index (χ2v) is 11.6. The molecule has 0 aromatic heterocycles. The van der Waals surface area contributed by atoms with Crippen LogP contribution in [-0.2, 0) is 18.9 Å². The van der Waals surface area contributed by atoms with Crippen LogP contribution < -0.4 is 4.74 Å². The van der Waals surface area contributed by atoms with Crippen LogP contribution in [0.5, 0.6) is 5.75 Å². The Bertz CT molecular complexity index is 1910. The first-order valence-electron chi connectivity index (χ1n) is 14.7. The second kappa shape index (κ2) is 14.1. The van der Waals surface area contributed by atoms with Gasteiger partial charge in [-0.05, 0) is 73.9 Å². The zero-order valence-electron chi connectivity index (χ0n) is 26.6. The van der Waals surface area contributed by atoms with Crippen LogP contribution in [0.25, 0.3) is 22.3 Å². The van der Waals surface area contributed by atoms with Gasteiger partial charge in [0.05, 0.1) is 18.2 Å². The van der Waals surface area contributed by atoms with Gasteiger partial charge in [-0.1, -0.05) is 0 Å². The zero-order chi connectivity index (χ0) is 36.7. The van der Waals surface area contributed by atoms with Gasteiger partial charge >= 0.3 is 11.9 Å². The first-order chi connectivity index (χ1) is 23.5. The number of rotatable bonds is 9.